The third kappa shape index (κ3) is 5.06. The summed E-state index contributed by atoms with van der Waals surface area (Å²) in [5, 5.41) is 25.9. The van der Waals surface area contributed by atoms with E-state index in [1.54, 1.807) is 0 Å². The molecule has 0 unspecified atom stereocenters. The predicted molar refractivity (Wildman–Crippen MR) is 218 cm³/mol. The van der Waals surface area contributed by atoms with Crippen LogP contribution in [0.1, 0.15) is 11.1 Å². The first kappa shape index (κ1) is 31.1. The van der Waals surface area contributed by atoms with Gasteiger partial charge < -0.3 is 8.83 Å². The molecule has 10 aromatic rings. The summed E-state index contributed by atoms with van der Waals surface area (Å²) in [6, 6.07) is 62.0. The quantitative estimate of drug-likeness (QED) is 0.180. The van der Waals surface area contributed by atoms with Gasteiger partial charge in [0.15, 0.2) is 0 Å². The molecule has 0 atom stereocenters. The first-order valence-corrected chi connectivity index (χ1v) is 17.8. The zero-order valence-electron chi connectivity index (χ0n) is 28.9. The summed E-state index contributed by atoms with van der Waals surface area (Å²) in [4.78, 5) is 0. The normalized spacial score (nSPS) is 11.3. The second-order valence-corrected chi connectivity index (χ2v) is 13.5. The van der Waals surface area contributed by atoms with Gasteiger partial charge >= 0.3 is 0 Å². The van der Waals surface area contributed by atoms with E-state index in [0.29, 0.717) is 11.1 Å². The average molecular weight is 689 g/mol. The van der Waals surface area contributed by atoms with Crippen molar-refractivity contribution in [2.75, 3.05) is 0 Å². The Bertz CT molecular complexity index is 3040. The van der Waals surface area contributed by atoms with Crippen LogP contribution in [-0.2, 0) is 0 Å². The molecule has 4 heteroatoms. The molecule has 2 aromatic heterocycles. The molecule has 2 heterocycles. The van der Waals surface area contributed by atoms with E-state index >= 15 is 0 Å². The Morgan fingerprint density at radius 3 is 1.19 bits per heavy atom. The number of furan rings is 2. The highest BCUT2D eigenvalue weighted by molar-refractivity contribution is 6.08. The van der Waals surface area contributed by atoms with Gasteiger partial charge in [-0.15, -0.1) is 0 Å². The second-order valence-electron chi connectivity index (χ2n) is 13.5. The van der Waals surface area contributed by atoms with Gasteiger partial charge in [0, 0.05) is 43.8 Å². The van der Waals surface area contributed by atoms with Crippen molar-refractivity contribution in [3.8, 4) is 67.8 Å². The van der Waals surface area contributed by atoms with Crippen LogP contribution in [0.4, 0.5) is 0 Å². The van der Waals surface area contributed by atoms with Gasteiger partial charge in [-0.1, -0.05) is 109 Å². The lowest BCUT2D eigenvalue weighted by atomic mass is 9.84. The molecule has 0 aliphatic rings. The molecule has 0 aliphatic carbocycles. The Hall–Kier alpha value is -7.66. The summed E-state index contributed by atoms with van der Waals surface area (Å²) < 4.78 is 12.4. The van der Waals surface area contributed by atoms with Crippen molar-refractivity contribution >= 4 is 43.9 Å². The highest BCUT2D eigenvalue weighted by atomic mass is 16.3. The predicted octanol–water partition coefficient (Wildman–Crippen LogP) is 13.6. The summed E-state index contributed by atoms with van der Waals surface area (Å²) in [6.07, 6.45) is 0. The Kier molecular flexibility index (Phi) is 7.22. The lowest BCUT2D eigenvalue weighted by molar-refractivity contribution is 0.668. The zero-order chi connectivity index (χ0) is 36.2. The molecule has 0 spiro atoms. The van der Waals surface area contributed by atoms with E-state index in [2.05, 4.69) is 72.8 Å². The van der Waals surface area contributed by atoms with Crippen LogP contribution in [0.3, 0.4) is 0 Å². The standard InChI is InChI=1S/C50H28N2O2/c51-29-45-39(32-13-5-2-6-14-32)25-35(31-11-3-1-4-12-31)26-42(45)36-27-40(33-19-21-49-43(23-33)37-15-7-9-17-47(37)53-49)46(30-52)41(28-36)34-20-22-50-44(24-34)38-16-8-10-18-48(38)54-50/h1-28H. The number of fused-ring (bicyclic) bond motifs is 6. The lowest BCUT2D eigenvalue weighted by Crippen LogP contribution is -1.96. The molecule has 0 aliphatic heterocycles. The van der Waals surface area contributed by atoms with Crippen LogP contribution < -0.4 is 0 Å². The fourth-order valence-corrected chi connectivity index (χ4v) is 7.79. The van der Waals surface area contributed by atoms with Crippen molar-refractivity contribution in [2.45, 2.75) is 0 Å². The molecule has 10 rings (SSSR count). The molecule has 0 radical (unpaired) electrons. The fourth-order valence-electron chi connectivity index (χ4n) is 7.79. The fraction of sp³-hybridized carbons (Fsp3) is 0. The van der Waals surface area contributed by atoms with Crippen LogP contribution in [-0.4, -0.2) is 0 Å². The van der Waals surface area contributed by atoms with Crippen molar-refractivity contribution in [3.05, 3.63) is 181 Å². The Labute approximate surface area is 311 Å². The van der Waals surface area contributed by atoms with E-state index in [0.717, 1.165) is 99.5 Å². The monoisotopic (exact) mass is 688 g/mol. The number of hydrogen-bond acceptors (Lipinski definition) is 4. The summed E-state index contributed by atoms with van der Waals surface area (Å²) in [5.41, 5.74) is 13.0. The number of nitriles is 2. The molecule has 0 fully saturated rings. The largest absolute Gasteiger partial charge is 0.456 e. The molecular weight excluding hydrogens is 661 g/mol. The molecular formula is C50H28N2O2. The van der Waals surface area contributed by atoms with Crippen molar-refractivity contribution in [1.29, 1.82) is 10.5 Å². The third-order valence-electron chi connectivity index (χ3n) is 10.4. The van der Waals surface area contributed by atoms with Gasteiger partial charge in [0.25, 0.3) is 0 Å². The topological polar surface area (TPSA) is 73.9 Å². The molecule has 54 heavy (non-hydrogen) atoms. The van der Waals surface area contributed by atoms with Crippen LogP contribution in [0.2, 0.25) is 0 Å². The number of para-hydroxylation sites is 2. The molecule has 0 saturated carbocycles. The van der Waals surface area contributed by atoms with Crippen LogP contribution in [0.15, 0.2) is 179 Å². The zero-order valence-corrected chi connectivity index (χ0v) is 28.9. The van der Waals surface area contributed by atoms with Crippen LogP contribution >= 0.6 is 0 Å². The third-order valence-corrected chi connectivity index (χ3v) is 10.4. The molecule has 0 amide bonds. The first-order valence-electron chi connectivity index (χ1n) is 17.8. The second kappa shape index (κ2) is 12.5. The maximum atomic E-state index is 11.0. The number of benzene rings is 8. The number of hydrogen-bond donors (Lipinski definition) is 0. The van der Waals surface area contributed by atoms with Crippen molar-refractivity contribution in [3.63, 3.8) is 0 Å². The summed E-state index contributed by atoms with van der Waals surface area (Å²) in [5.74, 6) is 0. The minimum absolute atomic E-state index is 0.541. The van der Waals surface area contributed by atoms with E-state index in [4.69, 9.17) is 8.83 Å². The minimum Gasteiger partial charge on any atom is -0.456 e. The first-order chi connectivity index (χ1) is 26.7. The number of rotatable bonds is 5. The highest BCUT2D eigenvalue weighted by Crippen LogP contribution is 2.44. The maximum absolute atomic E-state index is 11.0. The van der Waals surface area contributed by atoms with E-state index in [-0.39, 0.29) is 0 Å². The van der Waals surface area contributed by atoms with Crippen molar-refractivity contribution in [1.82, 2.24) is 0 Å². The van der Waals surface area contributed by atoms with E-state index in [1.807, 2.05) is 109 Å². The Morgan fingerprint density at radius 1 is 0.296 bits per heavy atom. The van der Waals surface area contributed by atoms with Crippen LogP contribution in [0.25, 0.3) is 99.5 Å². The Morgan fingerprint density at radius 2 is 0.685 bits per heavy atom. The van der Waals surface area contributed by atoms with Gasteiger partial charge in [0.05, 0.1) is 11.1 Å². The van der Waals surface area contributed by atoms with Crippen molar-refractivity contribution in [2.24, 2.45) is 0 Å². The maximum Gasteiger partial charge on any atom is 0.135 e. The van der Waals surface area contributed by atoms with Crippen LogP contribution in [0.5, 0.6) is 0 Å². The smallest absolute Gasteiger partial charge is 0.135 e. The lowest BCUT2D eigenvalue weighted by Gasteiger charge is -2.18. The summed E-state index contributed by atoms with van der Waals surface area (Å²) in [7, 11) is 0. The molecule has 8 aromatic carbocycles. The molecule has 0 saturated heterocycles. The van der Waals surface area contributed by atoms with Gasteiger partial charge in [-0.05, 0) is 94.0 Å². The molecule has 0 N–H and O–H groups in total. The van der Waals surface area contributed by atoms with Crippen molar-refractivity contribution < 1.29 is 8.83 Å². The van der Waals surface area contributed by atoms with Crippen LogP contribution in [0, 0.1) is 22.7 Å². The highest BCUT2D eigenvalue weighted by Gasteiger charge is 2.21. The number of nitrogens with zero attached hydrogens (tertiary/aromatic N) is 2. The van der Waals surface area contributed by atoms with E-state index in [1.165, 1.54) is 0 Å². The Balaban J connectivity index is 1.29. The van der Waals surface area contributed by atoms with Gasteiger partial charge in [0.2, 0.25) is 0 Å². The van der Waals surface area contributed by atoms with Gasteiger partial charge in [-0.3, -0.25) is 0 Å². The van der Waals surface area contributed by atoms with E-state index < -0.39 is 0 Å². The molecule has 250 valence electrons. The van der Waals surface area contributed by atoms with E-state index in [9.17, 15) is 10.5 Å². The summed E-state index contributed by atoms with van der Waals surface area (Å²) >= 11 is 0. The molecule has 4 nitrogen and oxygen atoms in total. The SMILES string of the molecule is N#Cc1c(-c2ccccc2)cc(-c2ccccc2)cc1-c1cc(-c2ccc3oc4ccccc4c3c2)c(C#N)c(-c2ccc3oc4ccccc4c3c2)c1. The average Bonchev–Trinajstić information content (AvgIpc) is 3.81. The summed E-state index contributed by atoms with van der Waals surface area (Å²) in [6.45, 7) is 0. The minimum atomic E-state index is 0.541. The van der Waals surface area contributed by atoms with Gasteiger partial charge in [0.1, 0.15) is 34.5 Å². The van der Waals surface area contributed by atoms with Gasteiger partial charge in [-0.25, -0.2) is 0 Å². The van der Waals surface area contributed by atoms with Gasteiger partial charge in [-0.2, -0.15) is 10.5 Å². The molecule has 0 bridgehead atoms.